The number of aromatic nitrogens is 1. The van der Waals surface area contributed by atoms with E-state index in [1.165, 1.54) is 0 Å². The SMILES string of the molecule is CCOC1CC(Oc2ccc(C#CC(C)(C)CC(C)(C)COC3CC(OC)C3)nc2)C1. The van der Waals surface area contributed by atoms with Crippen LogP contribution in [0.15, 0.2) is 18.3 Å². The van der Waals surface area contributed by atoms with Crippen LogP contribution in [0.2, 0.25) is 0 Å². The van der Waals surface area contributed by atoms with Gasteiger partial charge < -0.3 is 18.9 Å². The van der Waals surface area contributed by atoms with E-state index < -0.39 is 0 Å². The standard InChI is InChI=1S/C26H39NO4/c1-7-29-22-14-24(15-22)31-20-9-8-19(27-16-20)10-11-25(2,3)17-26(4,5)18-30-23-12-21(13-23)28-6/h8-9,16,21-24H,7,12-15,17-18H2,1-6H3. The first kappa shape index (κ1) is 24.0. The Bertz CT molecular complexity index is 750. The number of rotatable bonds is 10. The van der Waals surface area contributed by atoms with Crippen LogP contribution in [-0.4, -0.2) is 49.7 Å². The van der Waals surface area contributed by atoms with Crippen molar-refractivity contribution in [2.45, 2.75) is 91.1 Å². The molecule has 5 nitrogen and oxygen atoms in total. The molecular weight excluding hydrogens is 390 g/mol. The molecule has 0 amide bonds. The average Bonchev–Trinajstić information content (AvgIpc) is 2.64. The lowest BCUT2D eigenvalue weighted by atomic mass is 9.75. The van der Waals surface area contributed by atoms with E-state index in [0.29, 0.717) is 18.3 Å². The predicted octanol–water partition coefficient (Wildman–Crippen LogP) is 5.02. The molecule has 1 heterocycles. The van der Waals surface area contributed by atoms with Gasteiger partial charge in [-0.1, -0.05) is 19.8 Å². The number of methoxy groups -OCH3 is 1. The van der Waals surface area contributed by atoms with Crippen molar-refractivity contribution in [3.8, 4) is 17.6 Å². The number of ether oxygens (including phenoxy) is 4. The summed E-state index contributed by atoms with van der Waals surface area (Å²) in [6.07, 6.45) is 7.96. The third-order valence-electron chi connectivity index (χ3n) is 6.04. The van der Waals surface area contributed by atoms with Crippen LogP contribution in [-0.2, 0) is 14.2 Å². The summed E-state index contributed by atoms with van der Waals surface area (Å²) in [5.74, 6) is 7.47. The second kappa shape index (κ2) is 10.3. The largest absolute Gasteiger partial charge is 0.489 e. The fraction of sp³-hybridized carbons (Fsp3) is 0.731. The topological polar surface area (TPSA) is 49.8 Å². The first-order valence-corrected chi connectivity index (χ1v) is 11.6. The summed E-state index contributed by atoms with van der Waals surface area (Å²) < 4.78 is 23.0. The Labute approximate surface area is 188 Å². The van der Waals surface area contributed by atoms with E-state index in [1.807, 2.05) is 19.1 Å². The highest BCUT2D eigenvalue weighted by Crippen LogP contribution is 2.35. The molecule has 2 aliphatic rings. The van der Waals surface area contributed by atoms with Crippen molar-refractivity contribution in [1.82, 2.24) is 4.98 Å². The molecule has 0 unspecified atom stereocenters. The maximum Gasteiger partial charge on any atom is 0.138 e. The van der Waals surface area contributed by atoms with Gasteiger partial charge in [-0.25, -0.2) is 4.98 Å². The lowest BCUT2D eigenvalue weighted by molar-refractivity contribution is -0.106. The van der Waals surface area contributed by atoms with Gasteiger partial charge in [0, 0.05) is 32.0 Å². The normalized spacial score (nSPS) is 25.7. The zero-order chi connectivity index (χ0) is 22.5. The molecule has 0 aliphatic heterocycles. The van der Waals surface area contributed by atoms with E-state index in [2.05, 4.69) is 44.5 Å². The van der Waals surface area contributed by atoms with Gasteiger partial charge in [0.25, 0.3) is 0 Å². The van der Waals surface area contributed by atoms with Crippen molar-refractivity contribution in [3.05, 3.63) is 24.0 Å². The molecule has 3 rings (SSSR count). The van der Waals surface area contributed by atoms with Crippen LogP contribution in [0.4, 0.5) is 0 Å². The van der Waals surface area contributed by atoms with Crippen LogP contribution in [0.1, 0.15) is 72.4 Å². The predicted molar refractivity (Wildman–Crippen MR) is 122 cm³/mol. The number of hydrogen-bond donors (Lipinski definition) is 0. The fourth-order valence-corrected chi connectivity index (χ4v) is 4.42. The lowest BCUT2D eigenvalue weighted by Crippen LogP contribution is -2.39. The number of pyridine rings is 1. The Morgan fingerprint density at radius 3 is 2.26 bits per heavy atom. The summed E-state index contributed by atoms with van der Waals surface area (Å²) in [5, 5.41) is 0. The smallest absolute Gasteiger partial charge is 0.138 e. The fourth-order valence-electron chi connectivity index (χ4n) is 4.42. The van der Waals surface area contributed by atoms with Gasteiger partial charge in [-0.3, -0.25) is 0 Å². The maximum absolute atomic E-state index is 6.10. The third kappa shape index (κ3) is 7.49. The Morgan fingerprint density at radius 1 is 0.968 bits per heavy atom. The van der Waals surface area contributed by atoms with Crippen LogP contribution >= 0.6 is 0 Å². The zero-order valence-corrected chi connectivity index (χ0v) is 20.1. The average molecular weight is 430 g/mol. The van der Waals surface area contributed by atoms with Crippen molar-refractivity contribution in [2.75, 3.05) is 20.3 Å². The molecule has 0 aromatic carbocycles. The Kier molecular flexibility index (Phi) is 8.02. The van der Waals surface area contributed by atoms with E-state index in [4.69, 9.17) is 18.9 Å². The summed E-state index contributed by atoms with van der Waals surface area (Å²) in [6, 6.07) is 3.90. The van der Waals surface area contributed by atoms with Gasteiger partial charge >= 0.3 is 0 Å². The summed E-state index contributed by atoms with van der Waals surface area (Å²) in [4.78, 5) is 4.47. The molecule has 1 aromatic rings. The molecule has 0 N–H and O–H groups in total. The van der Waals surface area contributed by atoms with Crippen LogP contribution in [0, 0.1) is 22.7 Å². The molecule has 0 radical (unpaired) electrons. The molecule has 0 bridgehead atoms. The first-order valence-electron chi connectivity index (χ1n) is 11.6. The van der Waals surface area contributed by atoms with Crippen molar-refractivity contribution >= 4 is 0 Å². The molecule has 0 spiro atoms. The second-order valence-corrected chi connectivity index (χ2v) is 10.4. The summed E-state index contributed by atoms with van der Waals surface area (Å²) in [6.45, 7) is 12.4. The van der Waals surface area contributed by atoms with Crippen molar-refractivity contribution < 1.29 is 18.9 Å². The summed E-state index contributed by atoms with van der Waals surface area (Å²) in [7, 11) is 1.77. The minimum atomic E-state index is -0.126. The molecule has 0 atom stereocenters. The van der Waals surface area contributed by atoms with Gasteiger partial charge in [-0.05, 0) is 63.5 Å². The van der Waals surface area contributed by atoms with Crippen molar-refractivity contribution in [1.29, 1.82) is 0 Å². The van der Waals surface area contributed by atoms with Gasteiger partial charge in [0.15, 0.2) is 0 Å². The molecule has 31 heavy (non-hydrogen) atoms. The highest BCUT2D eigenvalue weighted by atomic mass is 16.5. The van der Waals surface area contributed by atoms with E-state index in [1.54, 1.807) is 13.3 Å². The van der Waals surface area contributed by atoms with E-state index in [9.17, 15) is 0 Å². The second-order valence-electron chi connectivity index (χ2n) is 10.4. The quantitative estimate of drug-likeness (QED) is 0.489. The molecule has 2 aliphatic carbocycles. The van der Waals surface area contributed by atoms with Gasteiger partial charge in [-0.2, -0.15) is 0 Å². The summed E-state index contributed by atoms with van der Waals surface area (Å²) in [5.41, 5.74) is 0.706. The minimum Gasteiger partial charge on any atom is -0.489 e. The number of nitrogens with zero attached hydrogens (tertiary/aromatic N) is 1. The Morgan fingerprint density at radius 2 is 1.65 bits per heavy atom. The summed E-state index contributed by atoms with van der Waals surface area (Å²) >= 11 is 0. The molecule has 172 valence electrons. The van der Waals surface area contributed by atoms with Crippen molar-refractivity contribution in [3.63, 3.8) is 0 Å². The van der Waals surface area contributed by atoms with Gasteiger partial charge in [0.05, 0.1) is 31.1 Å². The zero-order valence-electron chi connectivity index (χ0n) is 20.1. The highest BCUT2D eigenvalue weighted by Gasteiger charge is 2.34. The third-order valence-corrected chi connectivity index (χ3v) is 6.04. The molecule has 1 aromatic heterocycles. The Balaban J connectivity index is 1.44. The number of hydrogen-bond acceptors (Lipinski definition) is 5. The van der Waals surface area contributed by atoms with Gasteiger partial charge in [-0.15, -0.1) is 0 Å². The molecule has 5 heteroatoms. The van der Waals surface area contributed by atoms with Gasteiger partial charge in [0.2, 0.25) is 0 Å². The molecule has 2 fully saturated rings. The monoisotopic (exact) mass is 429 g/mol. The minimum absolute atomic E-state index is 0.0591. The lowest BCUT2D eigenvalue weighted by Gasteiger charge is -2.38. The van der Waals surface area contributed by atoms with Crippen LogP contribution < -0.4 is 4.74 Å². The van der Waals surface area contributed by atoms with Gasteiger partial charge in [0.1, 0.15) is 17.5 Å². The molecule has 2 saturated carbocycles. The maximum atomic E-state index is 6.10. The molecular formula is C26H39NO4. The van der Waals surface area contributed by atoms with E-state index in [-0.39, 0.29) is 16.9 Å². The van der Waals surface area contributed by atoms with Crippen LogP contribution in [0.25, 0.3) is 0 Å². The Hall–Kier alpha value is -1.61. The highest BCUT2D eigenvalue weighted by molar-refractivity contribution is 5.32. The molecule has 0 saturated heterocycles. The van der Waals surface area contributed by atoms with Crippen molar-refractivity contribution in [2.24, 2.45) is 10.8 Å². The van der Waals surface area contributed by atoms with Crippen LogP contribution in [0.5, 0.6) is 5.75 Å². The first-order chi connectivity index (χ1) is 14.7. The van der Waals surface area contributed by atoms with E-state index in [0.717, 1.165) is 56.8 Å². The van der Waals surface area contributed by atoms with E-state index >= 15 is 0 Å². The van der Waals surface area contributed by atoms with Crippen LogP contribution in [0.3, 0.4) is 0 Å².